The third-order valence-corrected chi connectivity index (χ3v) is 4.71. The Morgan fingerprint density at radius 1 is 0.636 bits per heavy atom. The van der Waals surface area contributed by atoms with Gasteiger partial charge in [-0.1, -0.05) is 60.7 Å². The van der Waals surface area contributed by atoms with Gasteiger partial charge in [0.25, 0.3) is 0 Å². The molecule has 0 saturated carbocycles. The van der Waals surface area contributed by atoms with Crippen molar-refractivity contribution in [3.63, 3.8) is 0 Å². The molecule has 4 aromatic rings. The maximum absolute atomic E-state index is 5.55. The number of ether oxygens (including phenoxy) is 1. The minimum absolute atomic E-state index is 0.942. The molecule has 1 aliphatic carbocycles. The fourth-order valence-electron chi connectivity index (χ4n) is 3.78. The Morgan fingerprint density at radius 2 is 1.45 bits per heavy atom. The van der Waals surface area contributed by atoms with Crippen molar-refractivity contribution in [2.75, 3.05) is 7.11 Å². The highest BCUT2D eigenvalue weighted by Crippen LogP contribution is 2.51. The summed E-state index contributed by atoms with van der Waals surface area (Å²) in [5.74, 6) is 0.942. The van der Waals surface area contributed by atoms with Crippen LogP contribution in [-0.2, 0) is 0 Å². The maximum Gasteiger partial charge on any atom is 0.126 e. The second-order valence-electron chi connectivity index (χ2n) is 5.75. The van der Waals surface area contributed by atoms with Gasteiger partial charge in [0.2, 0.25) is 0 Å². The lowest BCUT2D eigenvalue weighted by molar-refractivity contribution is 0.420. The van der Waals surface area contributed by atoms with Crippen molar-refractivity contribution in [2.45, 2.75) is 0 Å². The van der Waals surface area contributed by atoms with E-state index in [1.807, 2.05) is 0 Å². The Bertz CT molecular complexity index is 1060. The zero-order valence-corrected chi connectivity index (χ0v) is 12.3. The molecule has 1 nitrogen and oxygen atoms in total. The highest BCUT2D eigenvalue weighted by atomic mass is 16.5. The van der Waals surface area contributed by atoms with E-state index in [9.17, 15) is 0 Å². The monoisotopic (exact) mass is 282 g/mol. The van der Waals surface area contributed by atoms with Crippen molar-refractivity contribution in [1.29, 1.82) is 0 Å². The Hall–Kier alpha value is -2.80. The van der Waals surface area contributed by atoms with Crippen molar-refractivity contribution in [3.8, 4) is 28.0 Å². The molecule has 0 N–H and O–H groups in total. The van der Waals surface area contributed by atoms with Crippen molar-refractivity contribution in [1.82, 2.24) is 0 Å². The number of fused-ring (bicyclic) bond motifs is 5. The first-order valence-corrected chi connectivity index (χ1v) is 7.51. The summed E-state index contributed by atoms with van der Waals surface area (Å²) in [6.45, 7) is 0. The molecule has 22 heavy (non-hydrogen) atoms. The second-order valence-corrected chi connectivity index (χ2v) is 5.75. The summed E-state index contributed by atoms with van der Waals surface area (Å²) >= 11 is 0. The van der Waals surface area contributed by atoms with Gasteiger partial charge < -0.3 is 4.74 Å². The molecule has 0 spiro atoms. The number of hydrogen-bond donors (Lipinski definition) is 0. The van der Waals surface area contributed by atoms with Crippen LogP contribution in [0.2, 0.25) is 0 Å². The van der Waals surface area contributed by atoms with Gasteiger partial charge in [-0.2, -0.15) is 0 Å². The van der Waals surface area contributed by atoms with Crippen LogP contribution in [0.1, 0.15) is 0 Å². The fraction of sp³-hybridized carbons (Fsp3) is 0.0476. The number of benzene rings is 4. The molecule has 0 saturated heterocycles. The number of methoxy groups -OCH3 is 1. The van der Waals surface area contributed by atoms with Crippen LogP contribution in [0.4, 0.5) is 0 Å². The molecule has 0 aliphatic heterocycles. The van der Waals surface area contributed by atoms with Crippen molar-refractivity contribution >= 4 is 21.5 Å². The van der Waals surface area contributed by atoms with Gasteiger partial charge in [-0.15, -0.1) is 0 Å². The topological polar surface area (TPSA) is 9.23 Å². The first kappa shape index (κ1) is 11.8. The molecule has 0 aromatic heterocycles. The van der Waals surface area contributed by atoms with Crippen molar-refractivity contribution in [3.05, 3.63) is 66.7 Å². The summed E-state index contributed by atoms with van der Waals surface area (Å²) in [4.78, 5) is 0. The van der Waals surface area contributed by atoms with E-state index in [1.165, 1.54) is 43.8 Å². The zero-order chi connectivity index (χ0) is 14.7. The molecular formula is C21H14O. The quantitative estimate of drug-likeness (QED) is 0.386. The number of rotatable bonds is 1. The standard InChI is InChI=1S/C21H14O/c1-22-19-12-11-16-15-10-9-13-5-2-3-6-14(13)20(15)18-8-4-7-17(19)21(16)18/h2-12H,1H3. The third kappa shape index (κ3) is 1.33. The smallest absolute Gasteiger partial charge is 0.126 e. The van der Waals surface area contributed by atoms with E-state index in [0.29, 0.717) is 0 Å². The van der Waals surface area contributed by atoms with E-state index in [4.69, 9.17) is 4.74 Å². The van der Waals surface area contributed by atoms with Gasteiger partial charge in [0.15, 0.2) is 0 Å². The molecule has 0 fully saturated rings. The average molecular weight is 282 g/mol. The van der Waals surface area contributed by atoms with Crippen LogP contribution in [0.25, 0.3) is 43.8 Å². The minimum atomic E-state index is 0.942. The normalized spacial score (nSPS) is 11.9. The first-order chi connectivity index (χ1) is 10.9. The number of hydrogen-bond acceptors (Lipinski definition) is 1. The Labute approximate surface area is 128 Å². The van der Waals surface area contributed by atoms with E-state index in [1.54, 1.807) is 7.11 Å². The van der Waals surface area contributed by atoms with Crippen molar-refractivity contribution in [2.24, 2.45) is 0 Å². The van der Waals surface area contributed by atoms with Gasteiger partial charge in [-0.05, 0) is 39.1 Å². The van der Waals surface area contributed by atoms with Crippen LogP contribution in [0.5, 0.6) is 5.75 Å². The molecule has 0 atom stereocenters. The van der Waals surface area contributed by atoms with Crippen molar-refractivity contribution < 1.29 is 4.74 Å². The minimum Gasteiger partial charge on any atom is -0.496 e. The molecule has 0 bridgehead atoms. The fourth-order valence-corrected chi connectivity index (χ4v) is 3.78. The molecule has 0 amide bonds. The summed E-state index contributed by atoms with van der Waals surface area (Å²) in [5, 5.41) is 5.12. The predicted molar refractivity (Wildman–Crippen MR) is 92.4 cm³/mol. The molecule has 0 radical (unpaired) electrons. The average Bonchev–Trinajstić information content (AvgIpc) is 2.92. The molecule has 0 heterocycles. The molecule has 5 rings (SSSR count). The summed E-state index contributed by atoms with van der Waals surface area (Å²) in [7, 11) is 1.74. The molecule has 4 aromatic carbocycles. The van der Waals surface area contributed by atoms with E-state index >= 15 is 0 Å². The highest BCUT2D eigenvalue weighted by Gasteiger charge is 2.24. The largest absolute Gasteiger partial charge is 0.496 e. The Balaban J connectivity index is 2.02. The van der Waals surface area contributed by atoms with Gasteiger partial charge in [-0.3, -0.25) is 0 Å². The Kier molecular flexibility index (Phi) is 2.21. The van der Waals surface area contributed by atoms with Gasteiger partial charge >= 0.3 is 0 Å². The summed E-state index contributed by atoms with van der Waals surface area (Å²) < 4.78 is 5.55. The van der Waals surface area contributed by atoms with E-state index in [2.05, 4.69) is 66.7 Å². The first-order valence-electron chi connectivity index (χ1n) is 7.51. The lowest BCUT2D eigenvalue weighted by atomic mass is 9.97. The van der Waals surface area contributed by atoms with Crippen LogP contribution in [-0.4, -0.2) is 7.11 Å². The van der Waals surface area contributed by atoms with Gasteiger partial charge in [0.1, 0.15) is 5.75 Å². The SMILES string of the molecule is COc1ccc2c3c(cccc13)-c1c-2ccc2ccccc12. The zero-order valence-electron chi connectivity index (χ0n) is 12.3. The molecular weight excluding hydrogens is 268 g/mol. The molecule has 1 aliphatic rings. The molecule has 0 unspecified atom stereocenters. The lowest BCUT2D eigenvalue weighted by Gasteiger charge is -2.07. The van der Waals surface area contributed by atoms with Gasteiger partial charge in [-0.25, -0.2) is 0 Å². The van der Waals surface area contributed by atoms with Crippen LogP contribution in [0.15, 0.2) is 66.7 Å². The lowest BCUT2D eigenvalue weighted by Crippen LogP contribution is -1.85. The summed E-state index contributed by atoms with van der Waals surface area (Å²) in [5.41, 5.74) is 5.31. The molecule has 1 heteroatoms. The third-order valence-electron chi connectivity index (χ3n) is 4.71. The van der Waals surface area contributed by atoms with E-state index in [-0.39, 0.29) is 0 Å². The van der Waals surface area contributed by atoms with Crippen LogP contribution < -0.4 is 4.74 Å². The molecule has 104 valence electrons. The van der Waals surface area contributed by atoms with E-state index in [0.717, 1.165) is 5.75 Å². The Morgan fingerprint density at radius 3 is 2.36 bits per heavy atom. The van der Waals surface area contributed by atoms with Gasteiger partial charge in [0, 0.05) is 10.8 Å². The van der Waals surface area contributed by atoms with Crippen LogP contribution >= 0.6 is 0 Å². The van der Waals surface area contributed by atoms with Gasteiger partial charge in [0.05, 0.1) is 7.11 Å². The van der Waals surface area contributed by atoms with E-state index < -0.39 is 0 Å². The van der Waals surface area contributed by atoms with Crippen LogP contribution in [0, 0.1) is 0 Å². The highest BCUT2D eigenvalue weighted by molar-refractivity contribution is 6.22. The predicted octanol–water partition coefficient (Wildman–Crippen LogP) is 5.65. The summed E-state index contributed by atoms with van der Waals surface area (Å²) in [6.07, 6.45) is 0. The summed E-state index contributed by atoms with van der Waals surface area (Å²) in [6, 6.07) is 23.8. The maximum atomic E-state index is 5.55. The second kappa shape index (κ2) is 4.11. The van der Waals surface area contributed by atoms with Crippen LogP contribution in [0.3, 0.4) is 0 Å².